The fourth-order valence-electron chi connectivity index (χ4n) is 5.01. The second kappa shape index (κ2) is 11.5. The van der Waals surface area contributed by atoms with Gasteiger partial charge in [-0.1, -0.05) is 30.7 Å². The first-order valence-corrected chi connectivity index (χ1v) is 12.1. The topological polar surface area (TPSA) is 42.0 Å². The molecular weight excluding hydrogens is 400 g/mol. The van der Waals surface area contributed by atoms with Gasteiger partial charge in [-0.05, 0) is 81.6 Å². The zero-order chi connectivity index (χ0) is 22.2. The van der Waals surface area contributed by atoms with E-state index in [1.165, 1.54) is 37.9 Å². The minimum atomic E-state index is 0.111. The molecule has 0 bridgehead atoms. The number of nitrogens with zero attached hydrogens (tertiary/aromatic N) is 2. The average molecular weight is 437 g/mol. The molecule has 0 radical (unpaired) electrons. The van der Waals surface area contributed by atoms with E-state index >= 15 is 0 Å². The molecule has 2 aliphatic heterocycles. The SMILES string of the molecule is COc1ccccc1C(=O)CN1CCCC1c1cccc(OCCCN2CCCCC2)c1. The summed E-state index contributed by atoms with van der Waals surface area (Å²) >= 11 is 0. The average Bonchev–Trinajstić information content (AvgIpc) is 3.30. The van der Waals surface area contributed by atoms with Crippen molar-refractivity contribution < 1.29 is 14.3 Å². The monoisotopic (exact) mass is 436 g/mol. The molecule has 2 heterocycles. The van der Waals surface area contributed by atoms with Crippen LogP contribution in [0.2, 0.25) is 0 Å². The van der Waals surface area contributed by atoms with Gasteiger partial charge in [0.15, 0.2) is 5.78 Å². The molecule has 1 unspecified atom stereocenters. The highest BCUT2D eigenvalue weighted by Gasteiger charge is 2.28. The molecule has 172 valence electrons. The van der Waals surface area contributed by atoms with Gasteiger partial charge in [-0.3, -0.25) is 9.69 Å². The van der Waals surface area contributed by atoms with E-state index in [1.807, 2.05) is 30.3 Å². The van der Waals surface area contributed by atoms with E-state index in [1.54, 1.807) is 7.11 Å². The summed E-state index contributed by atoms with van der Waals surface area (Å²) in [5, 5.41) is 0. The standard InChI is InChI=1S/C27H36N2O3/c1-31-27-14-4-3-12-24(27)26(30)21-29-18-8-13-25(29)22-10-7-11-23(20-22)32-19-9-17-28-15-5-2-6-16-28/h3-4,7,10-12,14,20,25H,2,5-6,8-9,13,15-19,21H2,1H3. The number of hydrogen-bond donors (Lipinski definition) is 0. The summed E-state index contributed by atoms with van der Waals surface area (Å²) in [4.78, 5) is 17.8. The molecule has 0 aliphatic carbocycles. The van der Waals surface area contributed by atoms with Gasteiger partial charge >= 0.3 is 0 Å². The molecule has 0 amide bonds. The first kappa shape index (κ1) is 22.8. The second-order valence-electron chi connectivity index (χ2n) is 8.93. The fraction of sp³-hybridized carbons (Fsp3) is 0.519. The number of likely N-dealkylation sites (tertiary alicyclic amines) is 2. The first-order chi connectivity index (χ1) is 15.7. The third-order valence-electron chi connectivity index (χ3n) is 6.70. The van der Waals surface area contributed by atoms with E-state index in [0.717, 1.165) is 44.7 Å². The molecule has 2 aromatic carbocycles. The predicted octanol–water partition coefficient (Wildman–Crippen LogP) is 4.97. The number of piperidine rings is 1. The van der Waals surface area contributed by atoms with E-state index in [-0.39, 0.29) is 11.8 Å². The van der Waals surface area contributed by atoms with Crippen LogP contribution in [0.1, 0.15) is 60.5 Å². The molecule has 0 N–H and O–H groups in total. The van der Waals surface area contributed by atoms with Gasteiger partial charge in [-0.25, -0.2) is 0 Å². The van der Waals surface area contributed by atoms with Gasteiger partial charge in [-0.2, -0.15) is 0 Å². The Morgan fingerprint density at radius 1 is 1.00 bits per heavy atom. The van der Waals surface area contributed by atoms with Crippen molar-refractivity contribution in [3.05, 3.63) is 59.7 Å². The molecule has 5 nitrogen and oxygen atoms in total. The maximum absolute atomic E-state index is 13.0. The second-order valence-corrected chi connectivity index (χ2v) is 8.93. The number of ether oxygens (including phenoxy) is 2. The summed E-state index contributed by atoms with van der Waals surface area (Å²) in [6.07, 6.45) is 7.28. The number of hydrogen-bond acceptors (Lipinski definition) is 5. The van der Waals surface area contributed by atoms with Crippen LogP contribution in [0, 0.1) is 0 Å². The zero-order valence-corrected chi connectivity index (χ0v) is 19.3. The van der Waals surface area contributed by atoms with Crippen LogP contribution in [0.5, 0.6) is 11.5 Å². The first-order valence-electron chi connectivity index (χ1n) is 12.1. The third-order valence-corrected chi connectivity index (χ3v) is 6.70. The number of rotatable bonds is 10. The lowest BCUT2D eigenvalue weighted by atomic mass is 10.0. The number of ketones is 1. The van der Waals surface area contributed by atoms with Gasteiger partial charge in [0.2, 0.25) is 0 Å². The van der Waals surface area contributed by atoms with Crippen LogP contribution in [-0.2, 0) is 0 Å². The van der Waals surface area contributed by atoms with Gasteiger partial charge in [0, 0.05) is 12.6 Å². The van der Waals surface area contributed by atoms with Crippen molar-refractivity contribution in [2.75, 3.05) is 46.4 Å². The number of methoxy groups -OCH3 is 1. The number of carbonyl (C=O) groups excluding carboxylic acids is 1. The number of Topliss-reactive ketones (excluding diaryl/α,β-unsaturated/α-hetero) is 1. The Morgan fingerprint density at radius 3 is 2.69 bits per heavy atom. The van der Waals surface area contributed by atoms with Crippen molar-refractivity contribution in [2.45, 2.75) is 44.6 Å². The Kier molecular flexibility index (Phi) is 8.18. The van der Waals surface area contributed by atoms with E-state index < -0.39 is 0 Å². The van der Waals surface area contributed by atoms with Crippen LogP contribution in [0.15, 0.2) is 48.5 Å². The lowest BCUT2D eigenvalue weighted by molar-refractivity contribution is 0.0918. The van der Waals surface area contributed by atoms with E-state index in [9.17, 15) is 4.79 Å². The van der Waals surface area contributed by atoms with Crippen LogP contribution >= 0.6 is 0 Å². The molecule has 2 saturated heterocycles. The molecule has 4 rings (SSSR count). The molecule has 2 aromatic rings. The van der Waals surface area contributed by atoms with Crippen LogP contribution in [-0.4, -0.2) is 62.0 Å². The molecule has 0 saturated carbocycles. The normalized spacial score (nSPS) is 19.7. The minimum Gasteiger partial charge on any atom is -0.496 e. The Balaban J connectivity index is 1.32. The highest BCUT2D eigenvalue weighted by atomic mass is 16.5. The quantitative estimate of drug-likeness (QED) is 0.389. The molecular formula is C27H36N2O3. The third kappa shape index (κ3) is 5.90. The van der Waals surface area contributed by atoms with Gasteiger partial charge in [0.05, 0.1) is 25.8 Å². The van der Waals surface area contributed by atoms with Crippen LogP contribution in [0.3, 0.4) is 0 Å². The Hall–Kier alpha value is -2.37. The number of para-hydroxylation sites is 1. The van der Waals surface area contributed by atoms with Gasteiger partial charge in [-0.15, -0.1) is 0 Å². The molecule has 0 aromatic heterocycles. The lowest BCUT2D eigenvalue weighted by Gasteiger charge is -2.26. The molecule has 2 fully saturated rings. The predicted molar refractivity (Wildman–Crippen MR) is 128 cm³/mol. The smallest absolute Gasteiger partial charge is 0.180 e. The van der Waals surface area contributed by atoms with Crippen molar-refractivity contribution in [1.29, 1.82) is 0 Å². The van der Waals surface area contributed by atoms with E-state index in [0.29, 0.717) is 17.9 Å². The lowest BCUT2D eigenvalue weighted by Crippen LogP contribution is -2.31. The highest BCUT2D eigenvalue weighted by Crippen LogP contribution is 2.34. The summed E-state index contributed by atoms with van der Waals surface area (Å²) < 4.78 is 11.5. The van der Waals surface area contributed by atoms with E-state index in [2.05, 4.69) is 28.0 Å². The Bertz CT molecular complexity index is 879. The Morgan fingerprint density at radius 2 is 1.84 bits per heavy atom. The van der Waals surface area contributed by atoms with Crippen molar-refractivity contribution >= 4 is 5.78 Å². The van der Waals surface area contributed by atoms with Crippen molar-refractivity contribution in [2.24, 2.45) is 0 Å². The fourth-order valence-corrected chi connectivity index (χ4v) is 5.01. The van der Waals surface area contributed by atoms with Crippen LogP contribution in [0.25, 0.3) is 0 Å². The van der Waals surface area contributed by atoms with Crippen molar-refractivity contribution in [3.63, 3.8) is 0 Å². The largest absolute Gasteiger partial charge is 0.496 e. The van der Waals surface area contributed by atoms with Gasteiger partial charge in [0.1, 0.15) is 11.5 Å². The maximum atomic E-state index is 13.0. The van der Waals surface area contributed by atoms with Crippen LogP contribution in [0.4, 0.5) is 0 Å². The summed E-state index contributed by atoms with van der Waals surface area (Å²) in [5.74, 6) is 1.69. The van der Waals surface area contributed by atoms with Crippen molar-refractivity contribution in [1.82, 2.24) is 9.80 Å². The minimum absolute atomic E-state index is 0.111. The summed E-state index contributed by atoms with van der Waals surface area (Å²) in [6, 6.07) is 16.2. The molecule has 0 spiro atoms. The van der Waals surface area contributed by atoms with E-state index in [4.69, 9.17) is 9.47 Å². The molecule has 32 heavy (non-hydrogen) atoms. The number of benzene rings is 2. The molecule has 2 aliphatic rings. The zero-order valence-electron chi connectivity index (χ0n) is 19.3. The number of carbonyl (C=O) groups is 1. The van der Waals surface area contributed by atoms with Gasteiger partial charge < -0.3 is 14.4 Å². The molecule has 1 atom stereocenters. The maximum Gasteiger partial charge on any atom is 0.180 e. The highest BCUT2D eigenvalue weighted by molar-refractivity contribution is 6.00. The van der Waals surface area contributed by atoms with Gasteiger partial charge in [0.25, 0.3) is 0 Å². The summed E-state index contributed by atoms with van der Waals surface area (Å²) in [5.41, 5.74) is 1.90. The van der Waals surface area contributed by atoms with Crippen molar-refractivity contribution in [3.8, 4) is 11.5 Å². The summed E-state index contributed by atoms with van der Waals surface area (Å²) in [7, 11) is 1.61. The summed E-state index contributed by atoms with van der Waals surface area (Å²) in [6.45, 7) is 5.70. The Labute approximate surface area is 192 Å². The molecule has 5 heteroatoms. The van der Waals surface area contributed by atoms with Crippen LogP contribution < -0.4 is 9.47 Å².